The van der Waals surface area contributed by atoms with Gasteiger partial charge in [-0.3, -0.25) is 13.9 Å². The molecule has 3 aromatic rings. The number of nitrogens with one attached hydrogen (secondary N) is 1. The number of anilines is 1. The van der Waals surface area contributed by atoms with Gasteiger partial charge < -0.3 is 15.0 Å². The van der Waals surface area contributed by atoms with Gasteiger partial charge in [0.1, 0.15) is 18.3 Å². The maximum absolute atomic E-state index is 14.1. The third kappa shape index (κ3) is 7.55. The van der Waals surface area contributed by atoms with E-state index in [0.717, 1.165) is 16.3 Å². The molecule has 3 aromatic carbocycles. The van der Waals surface area contributed by atoms with E-state index in [1.165, 1.54) is 17.0 Å². The monoisotopic (exact) mass is 585 g/mol. The zero-order chi connectivity index (χ0) is 29.3. The summed E-state index contributed by atoms with van der Waals surface area (Å²) in [6, 6.07) is 19.2. The van der Waals surface area contributed by atoms with Crippen LogP contribution < -0.4 is 14.4 Å². The summed E-state index contributed by atoms with van der Waals surface area (Å²) in [5, 5.41) is 3.33. The number of amides is 2. The van der Waals surface area contributed by atoms with Gasteiger partial charge in [-0.05, 0) is 73.4 Å². The number of sulfonamides is 1. The molecule has 0 fully saturated rings. The fraction of sp³-hybridized carbons (Fsp3) is 0.333. The van der Waals surface area contributed by atoms with Gasteiger partial charge in [-0.15, -0.1) is 0 Å². The van der Waals surface area contributed by atoms with Crippen LogP contribution in [0.1, 0.15) is 37.8 Å². The molecule has 0 aliphatic carbocycles. The van der Waals surface area contributed by atoms with Crippen LogP contribution in [0.4, 0.5) is 5.69 Å². The Bertz CT molecular complexity index is 1400. The van der Waals surface area contributed by atoms with E-state index in [4.69, 9.17) is 16.3 Å². The van der Waals surface area contributed by atoms with Gasteiger partial charge in [-0.1, -0.05) is 55.8 Å². The SMILES string of the molecule is CCCNC(=O)[C@H](CC)N(Cc1ccc(OC)cc1)C(=O)CN(c1ccc(Cl)cc1C)S(=O)(=O)c1ccccc1. The predicted octanol–water partition coefficient (Wildman–Crippen LogP) is 5.19. The first-order chi connectivity index (χ1) is 19.1. The van der Waals surface area contributed by atoms with Gasteiger partial charge in [0, 0.05) is 18.1 Å². The Labute approximate surface area is 241 Å². The molecule has 0 saturated carbocycles. The molecule has 40 heavy (non-hydrogen) atoms. The van der Waals surface area contributed by atoms with Gasteiger partial charge >= 0.3 is 0 Å². The molecule has 2 amide bonds. The van der Waals surface area contributed by atoms with Crippen molar-refractivity contribution < 1.29 is 22.7 Å². The summed E-state index contributed by atoms with van der Waals surface area (Å²) in [5.41, 5.74) is 1.69. The second kappa shape index (κ2) is 14.2. The number of halogens is 1. The number of benzene rings is 3. The highest BCUT2D eigenvalue weighted by Gasteiger charge is 2.34. The molecule has 0 radical (unpaired) electrons. The number of nitrogens with zero attached hydrogens (tertiary/aromatic N) is 2. The number of carbonyl (C=O) groups is 2. The first kappa shape index (κ1) is 31.0. The zero-order valence-electron chi connectivity index (χ0n) is 23.3. The minimum absolute atomic E-state index is 0.0478. The third-order valence-electron chi connectivity index (χ3n) is 6.48. The van der Waals surface area contributed by atoms with E-state index < -0.39 is 28.5 Å². The Hall–Kier alpha value is -3.56. The van der Waals surface area contributed by atoms with Crippen molar-refractivity contribution in [3.63, 3.8) is 0 Å². The van der Waals surface area contributed by atoms with Crippen molar-refractivity contribution in [2.45, 2.75) is 51.1 Å². The highest BCUT2D eigenvalue weighted by atomic mass is 35.5. The largest absolute Gasteiger partial charge is 0.497 e. The molecule has 0 aliphatic rings. The molecular weight excluding hydrogens is 550 g/mol. The van der Waals surface area contributed by atoms with Crippen LogP contribution >= 0.6 is 11.6 Å². The fourth-order valence-corrected chi connectivity index (χ4v) is 6.07. The summed E-state index contributed by atoms with van der Waals surface area (Å²) >= 11 is 6.16. The van der Waals surface area contributed by atoms with E-state index in [9.17, 15) is 18.0 Å². The smallest absolute Gasteiger partial charge is 0.264 e. The molecular formula is C30H36ClN3O5S. The summed E-state index contributed by atoms with van der Waals surface area (Å²) < 4.78 is 34.1. The first-order valence-electron chi connectivity index (χ1n) is 13.2. The Morgan fingerprint density at radius 2 is 1.68 bits per heavy atom. The van der Waals surface area contributed by atoms with E-state index in [0.29, 0.717) is 35.0 Å². The number of rotatable bonds is 13. The molecule has 0 heterocycles. The average molecular weight is 586 g/mol. The average Bonchev–Trinajstić information content (AvgIpc) is 2.95. The molecule has 1 atom stereocenters. The van der Waals surface area contributed by atoms with Crippen LogP contribution in [0, 0.1) is 6.92 Å². The van der Waals surface area contributed by atoms with Gasteiger partial charge in [0.05, 0.1) is 17.7 Å². The van der Waals surface area contributed by atoms with E-state index in [1.54, 1.807) is 62.6 Å². The Kier molecular flexibility index (Phi) is 11.0. The summed E-state index contributed by atoms with van der Waals surface area (Å²) in [5.74, 6) is -0.137. The van der Waals surface area contributed by atoms with Crippen molar-refractivity contribution >= 4 is 39.1 Å². The molecule has 0 aromatic heterocycles. The third-order valence-corrected chi connectivity index (χ3v) is 8.49. The van der Waals surface area contributed by atoms with Gasteiger partial charge in [-0.2, -0.15) is 0 Å². The fourth-order valence-electron chi connectivity index (χ4n) is 4.34. The lowest BCUT2D eigenvalue weighted by atomic mass is 10.1. The second-order valence-electron chi connectivity index (χ2n) is 9.34. The quantitative estimate of drug-likeness (QED) is 0.298. The Balaban J connectivity index is 2.06. The van der Waals surface area contributed by atoms with Crippen molar-refractivity contribution in [1.29, 1.82) is 0 Å². The summed E-state index contributed by atoms with van der Waals surface area (Å²) in [6.07, 6.45) is 1.09. The standard InChI is InChI=1S/C30H36ClN3O5S/c1-5-18-32-30(36)27(6-2)33(20-23-12-15-25(39-4)16-13-23)29(35)21-34(28-17-14-24(31)19-22(28)3)40(37,38)26-10-8-7-9-11-26/h7-17,19,27H,5-6,18,20-21H2,1-4H3,(H,32,36)/t27-/m0/s1. The molecule has 0 bridgehead atoms. The van der Waals surface area contributed by atoms with E-state index in [1.807, 2.05) is 26.0 Å². The Morgan fingerprint density at radius 1 is 1.00 bits per heavy atom. The number of carbonyl (C=O) groups excluding carboxylic acids is 2. The normalized spacial score (nSPS) is 11.9. The molecule has 0 saturated heterocycles. The number of ether oxygens (including phenoxy) is 1. The van der Waals surface area contributed by atoms with Crippen molar-refractivity contribution in [3.05, 3.63) is 88.9 Å². The highest BCUT2D eigenvalue weighted by Crippen LogP contribution is 2.29. The minimum atomic E-state index is -4.14. The van der Waals surface area contributed by atoms with Crippen LogP contribution in [0.2, 0.25) is 5.02 Å². The number of aryl methyl sites for hydroxylation is 1. The van der Waals surface area contributed by atoms with E-state index >= 15 is 0 Å². The van der Waals surface area contributed by atoms with Crippen molar-refractivity contribution in [2.75, 3.05) is 24.5 Å². The van der Waals surface area contributed by atoms with E-state index in [-0.39, 0.29) is 17.3 Å². The lowest BCUT2D eigenvalue weighted by molar-refractivity contribution is -0.140. The van der Waals surface area contributed by atoms with Gasteiger partial charge in [0.2, 0.25) is 11.8 Å². The summed E-state index contributed by atoms with van der Waals surface area (Å²) in [4.78, 5) is 28.7. The molecule has 0 aliphatic heterocycles. The van der Waals surface area contributed by atoms with Crippen LogP contribution in [-0.4, -0.2) is 51.4 Å². The molecule has 1 N–H and O–H groups in total. The Morgan fingerprint density at radius 3 is 2.25 bits per heavy atom. The molecule has 3 rings (SSSR count). The van der Waals surface area contributed by atoms with Crippen molar-refractivity contribution in [3.8, 4) is 5.75 Å². The minimum Gasteiger partial charge on any atom is -0.497 e. The molecule has 10 heteroatoms. The van der Waals surface area contributed by atoms with Crippen LogP contribution in [0.5, 0.6) is 5.75 Å². The number of hydrogen-bond donors (Lipinski definition) is 1. The maximum atomic E-state index is 14.1. The second-order valence-corrected chi connectivity index (χ2v) is 11.6. The zero-order valence-corrected chi connectivity index (χ0v) is 24.8. The summed E-state index contributed by atoms with van der Waals surface area (Å²) in [6.45, 7) is 5.58. The lowest BCUT2D eigenvalue weighted by Crippen LogP contribution is -2.52. The molecule has 214 valence electrons. The predicted molar refractivity (Wildman–Crippen MR) is 158 cm³/mol. The first-order valence-corrected chi connectivity index (χ1v) is 15.0. The van der Waals surface area contributed by atoms with Gasteiger partial charge in [-0.25, -0.2) is 8.42 Å². The maximum Gasteiger partial charge on any atom is 0.264 e. The highest BCUT2D eigenvalue weighted by molar-refractivity contribution is 7.92. The molecule has 8 nitrogen and oxygen atoms in total. The van der Waals surface area contributed by atoms with Crippen molar-refractivity contribution in [2.24, 2.45) is 0 Å². The van der Waals surface area contributed by atoms with Crippen LogP contribution in [-0.2, 0) is 26.2 Å². The molecule has 0 spiro atoms. The van der Waals surface area contributed by atoms with Crippen molar-refractivity contribution in [1.82, 2.24) is 10.2 Å². The van der Waals surface area contributed by atoms with Gasteiger partial charge in [0.25, 0.3) is 10.0 Å². The van der Waals surface area contributed by atoms with E-state index in [2.05, 4.69) is 5.32 Å². The lowest BCUT2D eigenvalue weighted by Gasteiger charge is -2.33. The number of methoxy groups -OCH3 is 1. The molecule has 0 unspecified atom stereocenters. The van der Waals surface area contributed by atoms with Crippen LogP contribution in [0.3, 0.4) is 0 Å². The van der Waals surface area contributed by atoms with Crippen LogP contribution in [0.25, 0.3) is 0 Å². The number of hydrogen-bond acceptors (Lipinski definition) is 5. The van der Waals surface area contributed by atoms with Gasteiger partial charge in [0.15, 0.2) is 0 Å². The topological polar surface area (TPSA) is 96.0 Å². The van der Waals surface area contributed by atoms with Crippen LogP contribution in [0.15, 0.2) is 77.7 Å². The summed E-state index contributed by atoms with van der Waals surface area (Å²) in [7, 11) is -2.58.